The fourth-order valence-corrected chi connectivity index (χ4v) is 0. The van der Waals surface area contributed by atoms with Gasteiger partial charge in [0.1, 0.15) is 0 Å². The fraction of sp³-hybridized carbons (Fsp3) is 0. The standard InChI is InChI=1S/2NO3.Xe/c2*2-1(3)4;/q2*-1;. The zero-order valence-corrected chi connectivity index (χ0v) is 5.72. The molecule has 9 heavy (non-hydrogen) atoms. The molecule has 0 saturated heterocycles. The molecule has 56 valence electrons. The van der Waals surface area contributed by atoms with Crippen molar-refractivity contribution >= 4 is 0 Å². The van der Waals surface area contributed by atoms with Crippen LogP contribution in [0.1, 0.15) is 0 Å². The summed E-state index contributed by atoms with van der Waals surface area (Å²) >= 11 is 0. The first-order valence-electron chi connectivity index (χ1n) is 1.10. The molecule has 0 aliphatic carbocycles. The molecule has 8 nitrogen and oxygen atoms in total. The zero-order valence-electron chi connectivity index (χ0n) is 3.70. The van der Waals surface area contributed by atoms with Gasteiger partial charge in [-0.3, -0.25) is 0 Å². The van der Waals surface area contributed by atoms with E-state index >= 15 is 0 Å². The Bertz CT molecular complexity index is 69.1. The molecule has 9 heteroatoms. The molecule has 0 rings (SSSR count). The van der Waals surface area contributed by atoms with Crippen LogP contribution in [0.25, 0.3) is 0 Å². The van der Waals surface area contributed by atoms with Crippen LogP contribution in [-0.4, -0.2) is 10.2 Å². The molecule has 0 heterocycles. The first kappa shape index (κ1) is 16.0. The zero-order chi connectivity index (χ0) is 7.15. The van der Waals surface area contributed by atoms with Crippen LogP contribution in [0.2, 0.25) is 0 Å². The summed E-state index contributed by atoms with van der Waals surface area (Å²) in [5, 5.41) is 29.5. The topological polar surface area (TPSA) is 132 Å². The molecule has 0 amide bonds. The van der Waals surface area contributed by atoms with E-state index in [1.54, 1.807) is 0 Å². The maximum atomic E-state index is 8.25. The second-order valence-electron chi connectivity index (χ2n) is 0.447. The van der Waals surface area contributed by atoms with Gasteiger partial charge in [-0.15, -0.1) is 0 Å². The molecule has 0 aliphatic heterocycles. The number of hydrogen-bond acceptors (Lipinski definition) is 6. The van der Waals surface area contributed by atoms with Crippen LogP contribution in [0.3, 0.4) is 0 Å². The van der Waals surface area contributed by atoms with Gasteiger partial charge in [-0.05, 0) is 0 Å². The Morgan fingerprint density at radius 1 is 0.778 bits per heavy atom. The van der Waals surface area contributed by atoms with Crippen molar-refractivity contribution in [1.82, 2.24) is 0 Å². The molecule has 0 aromatic rings. The largest absolute Gasteiger partial charge is 0.356 e. The first-order chi connectivity index (χ1) is 3.46. The summed E-state index contributed by atoms with van der Waals surface area (Å²) in [6, 6.07) is 0. The minimum absolute atomic E-state index is 0. The fourth-order valence-electron chi connectivity index (χ4n) is 0. The quantitative estimate of drug-likeness (QED) is 0.424. The third-order valence-electron chi connectivity index (χ3n) is 0. The smallest absolute Gasteiger partial charge is 0.0689 e. The van der Waals surface area contributed by atoms with Crippen molar-refractivity contribution in [2.45, 2.75) is 0 Å². The molecular formula is N2O6Xe-2. The van der Waals surface area contributed by atoms with Crippen molar-refractivity contribution in [2.75, 3.05) is 0 Å². The summed E-state index contributed by atoms with van der Waals surface area (Å²) in [7, 11) is 0. The van der Waals surface area contributed by atoms with E-state index in [0.717, 1.165) is 0 Å². The van der Waals surface area contributed by atoms with Gasteiger partial charge in [0, 0.05) is 48.9 Å². The minimum atomic E-state index is -1.75. The van der Waals surface area contributed by atoms with Crippen molar-refractivity contribution in [3.8, 4) is 0 Å². The van der Waals surface area contributed by atoms with Crippen LogP contribution >= 0.6 is 0 Å². The maximum absolute atomic E-state index is 8.25. The van der Waals surface area contributed by atoms with Crippen LogP contribution in [0.5, 0.6) is 0 Å². The first-order valence-corrected chi connectivity index (χ1v) is 1.10. The normalized spacial score (nSPS) is 5.33. The van der Waals surface area contributed by atoms with E-state index in [1.807, 2.05) is 0 Å². The van der Waals surface area contributed by atoms with Gasteiger partial charge in [0.15, 0.2) is 0 Å². The molecule has 0 spiro atoms. The van der Waals surface area contributed by atoms with E-state index in [-0.39, 0.29) is 48.9 Å². The predicted octanol–water partition coefficient (Wildman–Crippen LogP) is -0.478. The molecule has 0 aromatic carbocycles. The summed E-state index contributed by atoms with van der Waals surface area (Å²) in [6.07, 6.45) is 0. The number of rotatable bonds is 0. The monoisotopic (exact) mass is 256 g/mol. The molecule has 0 aliphatic rings. The van der Waals surface area contributed by atoms with Crippen LogP contribution < -0.4 is 0 Å². The van der Waals surface area contributed by atoms with Crippen LogP contribution in [0.15, 0.2) is 0 Å². The van der Waals surface area contributed by atoms with Gasteiger partial charge in [0.2, 0.25) is 0 Å². The summed E-state index contributed by atoms with van der Waals surface area (Å²) in [5.74, 6) is 0. The van der Waals surface area contributed by atoms with Gasteiger partial charge in [0.05, 0.1) is 10.2 Å². The second-order valence-corrected chi connectivity index (χ2v) is 0.447. The Morgan fingerprint density at radius 3 is 0.778 bits per heavy atom. The van der Waals surface area contributed by atoms with Crippen molar-refractivity contribution < 1.29 is 59.1 Å². The van der Waals surface area contributed by atoms with Gasteiger partial charge in [0.25, 0.3) is 0 Å². The van der Waals surface area contributed by atoms with E-state index in [1.165, 1.54) is 0 Å². The van der Waals surface area contributed by atoms with E-state index in [0.29, 0.717) is 0 Å². The Kier molecular flexibility index (Phi) is 19.3. The third-order valence-corrected chi connectivity index (χ3v) is 0. The Labute approximate surface area is 88.8 Å². The molecule has 0 fully saturated rings. The van der Waals surface area contributed by atoms with Gasteiger partial charge < -0.3 is 30.6 Å². The van der Waals surface area contributed by atoms with Crippen LogP contribution in [0.4, 0.5) is 0 Å². The van der Waals surface area contributed by atoms with Crippen molar-refractivity contribution in [3.05, 3.63) is 30.6 Å². The molecule has 0 unspecified atom stereocenters. The van der Waals surface area contributed by atoms with E-state index in [4.69, 9.17) is 30.6 Å². The van der Waals surface area contributed by atoms with E-state index < -0.39 is 10.2 Å². The number of nitrogens with zero attached hydrogens (tertiary/aromatic N) is 2. The van der Waals surface area contributed by atoms with Crippen LogP contribution in [0, 0.1) is 79.5 Å². The van der Waals surface area contributed by atoms with E-state index in [9.17, 15) is 0 Å². The van der Waals surface area contributed by atoms with E-state index in [2.05, 4.69) is 0 Å². The van der Waals surface area contributed by atoms with Crippen molar-refractivity contribution in [2.24, 2.45) is 0 Å². The molecule has 0 atom stereocenters. The molecule has 0 aromatic heterocycles. The SMILES string of the molecule is O=[N+]([O-])[O-].O=[N+]([O-])[O-].[Xe]. The average Bonchev–Trinajstić information content (AvgIpc) is 1.25. The second kappa shape index (κ2) is 10.9. The average molecular weight is 255 g/mol. The molecule has 0 radical (unpaired) electrons. The van der Waals surface area contributed by atoms with Gasteiger partial charge in [-0.25, -0.2) is 0 Å². The van der Waals surface area contributed by atoms with Gasteiger partial charge >= 0.3 is 0 Å². The molecule has 0 saturated carbocycles. The number of hydrogen-bond donors (Lipinski definition) is 0. The van der Waals surface area contributed by atoms with Crippen molar-refractivity contribution in [1.29, 1.82) is 0 Å². The maximum Gasteiger partial charge on any atom is 0.0689 e. The summed E-state index contributed by atoms with van der Waals surface area (Å²) < 4.78 is 0. The van der Waals surface area contributed by atoms with Crippen molar-refractivity contribution in [3.63, 3.8) is 0 Å². The summed E-state index contributed by atoms with van der Waals surface area (Å²) in [5.41, 5.74) is 0. The predicted molar refractivity (Wildman–Crippen MR) is 20.7 cm³/mol. The minimum Gasteiger partial charge on any atom is -0.356 e. The summed E-state index contributed by atoms with van der Waals surface area (Å²) in [4.78, 5) is 16.5. The molecular weight excluding hydrogens is 255 g/mol. The Balaban J connectivity index is -0.0000000720. The van der Waals surface area contributed by atoms with Gasteiger partial charge in [-0.1, -0.05) is 0 Å². The molecule has 0 bridgehead atoms. The third kappa shape index (κ3) is 348000. The van der Waals surface area contributed by atoms with Gasteiger partial charge in [-0.2, -0.15) is 0 Å². The Morgan fingerprint density at radius 2 is 0.778 bits per heavy atom. The molecule has 0 N–H and O–H groups in total. The summed E-state index contributed by atoms with van der Waals surface area (Å²) in [6.45, 7) is 0. The Hall–Kier alpha value is -0.0286. The van der Waals surface area contributed by atoms with Crippen LogP contribution in [-0.2, 0) is 0 Å².